The Balaban J connectivity index is 1.34. The maximum atomic E-state index is 14.3. The van der Waals surface area contributed by atoms with Crippen LogP contribution in [0.1, 0.15) is 84.0 Å². The van der Waals surface area contributed by atoms with Gasteiger partial charge in [0.2, 0.25) is 5.91 Å². The molecule has 10 heteroatoms. The van der Waals surface area contributed by atoms with Gasteiger partial charge in [-0.2, -0.15) is 0 Å². The number of fused-ring (bicyclic) bond motifs is 4. The van der Waals surface area contributed by atoms with Gasteiger partial charge in [0.05, 0.1) is 6.54 Å². The first-order valence-corrected chi connectivity index (χ1v) is 16.7. The zero-order valence-corrected chi connectivity index (χ0v) is 26.1. The quantitative estimate of drug-likeness (QED) is 0.473. The molecule has 2 N–H and O–H groups in total. The van der Waals surface area contributed by atoms with Crippen LogP contribution in [0, 0.1) is 11.3 Å². The second-order valence-corrected chi connectivity index (χ2v) is 13.7. The van der Waals surface area contributed by atoms with Crippen molar-refractivity contribution in [1.29, 1.82) is 0 Å². The Hall–Kier alpha value is -3.82. The Morgan fingerprint density at radius 2 is 1.67 bits per heavy atom. The van der Waals surface area contributed by atoms with E-state index >= 15 is 0 Å². The predicted molar refractivity (Wildman–Crippen MR) is 168 cm³/mol. The van der Waals surface area contributed by atoms with Gasteiger partial charge in [-0.1, -0.05) is 62.9 Å². The van der Waals surface area contributed by atoms with Gasteiger partial charge in [0.15, 0.2) is 5.88 Å². The molecule has 0 radical (unpaired) electrons. The number of nitrogens with zero attached hydrogens (tertiary/aromatic N) is 2. The van der Waals surface area contributed by atoms with E-state index in [1.165, 1.54) is 4.90 Å². The SMILES string of the molecule is CC1([C@@H]2NC(=O)O[C@@H]3CCC[C@H]3CCCCCn3c(ccc(-c4ccccc4)c3=O)O[C@@H]3C[C@@H](C(=O)O)N(C3)C2=O)CCCC1. The molecule has 1 aromatic heterocycles. The highest BCUT2D eigenvalue weighted by Crippen LogP contribution is 2.42. The van der Waals surface area contributed by atoms with Gasteiger partial charge in [0.1, 0.15) is 24.3 Å². The Labute approximate surface area is 264 Å². The lowest BCUT2D eigenvalue weighted by molar-refractivity contribution is -0.150. The van der Waals surface area contributed by atoms with Crippen LogP contribution < -0.4 is 15.6 Å². The molecule has 0 spiro atoms. The van der Waals surface area contributed by atoms with E-state index in [9.17, 15) is 24.3 Å². The summed E-state index contributed by atoms with van der Waals surface area (Å²) >= 11 is 0. The summed E-state index contributed by atoms with van der Waals surface area (Å²) in [5, 5.41) is 13.1. The van der Waals surface area contributed by atoms with E-state index in [1.807, 2.05) is 37.3 Å². The number of hydrogen-bond donors (Lipinski definition) is 2. The molecule has 3 heterocycles. The van der Waals surface area contributed by atoms with Crippen LogP contribution in [0.5, 0.6) is 5.88 Å². The monoisotopic (exact) mass is 619 g/mol. The Morgan fingerprint density at radius 3 is 2.42 bits per heavy atom. The number of aromatic nitrogens is 1. The second kappa shape index (κ2) is 13.3. The highest BCUT2D eigenvalue weighted by atomic mass is 16.6. The van der Waals surface area contributed by atoms with Crippen LogP contribution in [0.4, 0.5) is 4.79 Å². The smallest absolute Gasteiger partial charge is 0.408 e. The third-order valence-corrected chi connectivity index (χ3v) is 10.6. The molecule has 4 aliphatic rings. The van der Waals surface area contributed by atoms with E-state index in [0.717, 1.165) is 76.2 Å². The third-order valence-electron chi connectivity index (χ3n) is 10.6. The van der Waals surface area contributed by atoms with E-state index in [2.05, 4.69) is 5.32 Å². The van der Waals surface area contributed by atoms with Crippen LogP contribution in [0.15, 0.2) is 47.3 Å². The Kier molecular flexibility index (Phi) is 9.19. The molecule has 45 heavy (non-hydrogen) atoms. The van der Waals surface area contributed by atoms with Crippen molar-refractivity contribution in [1.82, 2.24) is 14.8 Å². The van der Waals surface area contributed by atoms with Gasteiger partial charge in [-0.3, -0.25) is 14.2 Å². The Morgan fingerprint density at radius 1 is 0.911 bits per heavy atom. The number of carbonyl (C=O) groups is 3. The molecule has 242 valence electrons. The lowest BCUT2D eigenvalue weighted by Gasteiger charge is -2.37. The topological polar surface area (TPSA) is 127 Å². The average Bonchev–Trinajstić information content (AvgIpc) is 3.77. The molecule has 6 rings (SSSR count). The maximum Gasteiger partial charge on any atom is 0.408 e. The number of aliphatic carboxylic acids is 1. The van der Waals surface area contributed by atoms with Crippen LogP contribution >= 0.6 is 0 Å². The van der Waals surface area contributed by atoms with Crippen LogP contribution in [-0.2, 0) is 20.9 Å². The highest BCUT2D eigenvalue weighted by Gasteiger charge is 2.49. The highest BCUT2D eigenvalue weighted by molar-refractivity contribution is 5.90. The maximum absolute atomic E-state index is 14.3. The molecule has 2 aliphatic carbocycles. The summed E-state index contributed by atoms with van der Waals surface area (Å²) in [6, 6.07) is 11.0. The van der Waals surface area contributed by atoms with Gasteiger partial charge < -0.3 is 24.8 Å². The molecule has 1 aromatic carbocycles. The molecule has 0 unspecified atom stereocenters. The van der Waals surface area contributed by atoms with Crippen molar-refractivity contribution >= 4 is 18.0 Å². The standard InChI is InChI=1S/C35H45N3O7/c1-35(18-7-8-19-35)30-32(40)38-22-25(21-27(38)33(41)42)44-29-17-16-26(23-11-4-2-5-12-23)31(39)37(29)20-9-3-6-13-24-14-10-15-28(24)45-34(43)36-30/h2,4-5,11-12,16-17,24-25,27-28,30H,3,6-10,13-15,18-22H2,1H3,(H,36,43)(H,41,42)/t24-,25-,27+,28-,30-/m1/s1. The summed E-state index contributed by atoms with van der Waals surface area (Å²) in [6.45, 7) is 2.50. The van der Waals surface area contributed by atoms with Gasteiger partial charge in [-0.25, -0.2) is 9.59 Å². The largest absolute Gasteiger partial charge is 0.480 e. The number of nitrogens with one attached hydrogen (secondary N) is 1. The lowest BCUT2D eigenvalue weighted by atomic mass is 9.79. The lowest BCUT2D eigenvalue weighted by Crippen LogP contribution is -2.58. The molecule has 2 amide bonds. The van der Waals surface area contributed by atoms with E-state index in [-0.39, 0.29) is 30.5 Å². The van der Waals surface area contributed by atoms with Crippen molar-refractivity contribution < 1.29 is 29.0 Å². The van der Waals surface area contributed by atoms with Gasteiger partial charge in [-0.15, -0.1) is 0 Å². The number of rotatable bonds is 3. The number of carboxylic acid groups (broad SMARTS) is 1. The zero-order chi connectivity index (χ0) is 31.6. The number of ether oxygens (including phenoxy) is 2. The second-order valence-electron chi connectivity index (χ2n) is 13.7. The van der Waals surface area contributed by atoms with E-state index in [1.54, 1.807) is 16.7 Å². The van der Waals surface area contributed by atoms with Crippen molar-refractivity contribution in [2.75, 3.05) is 6.54 Å². The predicted octanol–water partition coefficient (Wildman–Crippen LogP) is 5.37. The van der Waals surface area contributed by atoms with Gasteiger partial charge in [-0.05, 0) is 74.0 Å². The van der Waals surface area contributed by atoms with Crippen molar-refractivity contribution in [3.63, 3.8) is 0 Å². The van der Waals surface area contributed by atoms with E-state index < -0.39 is 41.6 Å². The van der Waals surface area contributed by atoms with Gasteiger partial charge in [0.25, 0.3) is 5.56 Å². The number of carboxylic acids is 1. The molecular formula is C35H45N3O7. The Bertz CT molecular complexity index is 1450. The van der Waals surface area contributed by atoms with Gasteiger partial charge >= 0.3 is 12.1 Å². The first-order chi connectivity index (χ1) is 21.7. The summed E-state index contributed by atoms with van der Waals surface area (Å²) in [5.74, 6) is -0.912. The van der Waals surface area contributed by atoms with E-state index in [0.29, 0.717) is 18.0 Å². The molecule has 10 nitrogen and oxygen atoms in total. The molecule has 3 fully saturated rings. The van der Waals surface area contributed by atoms with Crippen molar-refractivity contribution in [3.05, 3.63) is 52.8 Å². The third kappa shape index (κ3) is 6.60. The number of alkyl carbamates (subject to hydrolysis) is 1. The number of carbonyl (C=O) groups excluding carboxylic acids is 2. The first kappa shape index (κ1) is 31.2. The number of hydrogen-bond acceptors (Lipinski definition) is 6. The molecule has 2 saturated carbocycles. The fourth-order valence-electron chi connectivity index (χ4n) is 8.05. The van der Waals surface area contributed by atoms with Crippen LogP contribution in [-0.4, -0.2) is 63.4 Å². The summed E-state index contributed by atoms with van der Waals surface area (Å²) in [4.78, 5) is 55.2. The van der Waals surface area contributed by atoms with Crippen molar-refractivity contribution in [3.8, 4) is 17.0 Å². The normalized spacial score (nSPS) is 29.0. The van der Waals surface area contributed by atoms with Crippen molar-refractivity contribution in [2.24, 2.45) is 11.3 Å². The number of benzene rings is 1. The van der Waals surface area contributed by atoms with Crippen LogP contribution in [0.3, 0.4) is 0 Å². The summed E-state index contributed by atoms with van der Waals surface area (Å²) < 4.78 is 14.0. The molecule has 5 atom stereocenters. The van der Waals surface area contributed by atoms with E-state index in [4.69, 9.17) is 9.47 Å². The fourth-order valence-corrected chi connectivity index (χ4v) is 8.05. The molecular weight excluding hydrogens is 574 g/mol. The fraction of sp³-hybridized carbons (Fsp3) is 0.600. The first-order valence-electron chi connectivity index (χ1n) is 16.7. The molecule has 2 bridgehead atoms. The molecule has 2 aromatic rings. The minimum atomic E-state index is -1.12. The summed E-state index contributed by atoms with van der Waals surface area (Å²) in [5.41, 5.74) is 0.726. The van der Waals surface area contributed by atoms with Gasteiger partial charge in [0, 0.05) is 18.5 Å². The molecule has 1 saturated heterocycles. The minimum absolute atomic E-state index is 0.0401. The summed E-state index contributed by atoms with van der Waals surface area (Å²) in [6.07, 6.45) is 8.34. The minimum Gasteiger partial charge on any atom is -0.480 e. The average molecular weight is 620 g/mol. The van der Waals surface area contributed by atoms with Crippen LogP contribution in [0.2, 0.25) is 0 Å². The van der Waals surface area contributed by atoms with Crippen molar-refractivity contribution in [2.45, 2.75) is 115 Å². The zero-order valence-electron chi connectivity index (χ0n) is 26.1. The number of amides is 2. The molecule has 2 aliphatic heterocycles. The number of pyridine rings is 1. The summed E-state index contributed by atoms with van der Waals surface area (Å²) in [7, 11) is 0. The van der Waals surface area contributed by atoms with Crippen LogP contribution in [0.25, 0.3) is 11.1 Å².